The van der Waals surface area contributed by atoms with Gasteiger partial charge in [0.15, 0.2) is 0 Å². The summed E-state index contributed by atoms with van der Waals surface area (Å²) in [5, 5.41) is 15.2. The Balaban J connectivity index is 1.88. The molecule has 0 unspecified atom stereocenters. The quantitative estimate of drug-likeness (QED) is 0.240. The van der Waals surface area contributed by atoms with Gasteiger partial charge in [-0.05, 0) is 17.5 Å². The first-order valence-corrected chi connectivity index (χ1v) is 13.4. The maximum atomic E-state index is 13.1. The number of carbonyl (C=O) groups excluding carboxylic acids is 2. The maximum Gasteiger partial charge on any atom is 0.326 e. The molecule has 0 saturated carbocycles. The van der Waals surface area contributed by atoms with Gasteiger partial charge in [0.25, 0.3) is 0 Å². The summed E-state index contributed by atoms with van der Waals surface area (Å²) in [6, 6.07) is 16.7. The second-order valence-corrected chi connectivity index (χ2v) is 9.48. The van der Waals surface area contributed by atoms with Gasteiger partial charge in [-0.2, -0.15) is 0 Å². The highest BCUT2D eigenvalue weighted by atomic mass is 16.4. The van der Waals surface area contributed by atoms with Gasteiger partial charge in [0.1, 0.15) is 12.1 Å². The van der Waals surface area contributed by atoms with Crippen molar-refractivity contribution < 1.29 is 19.5 Å². The molecule has 0 aliphatic rings. The van der Waals surface area contributed by atoms with Crippen LogP contribution in [0.15, 0.2) is 60.7 Å². The number of aliphatic carboxylic acids is 1. The second kappa shape index (κ2) is 17.3. The van der Waals surface area contributed by atoms with E-state index in [-0.39, 0.29) is 12.3 Å². The number of unbranched alkanes of at least 4 members (excludes halogenated alkanes) is 8. The van der Waals surface area contributed by atoms with E-state index in [1.165, 1.54) is 38.5 Å². The van der Waals surface area contributed by atoms with Crippen molar-refractivity contribution in [3.8, 4) is 0 Å². The van der Waals surface area contributed by atoms with Crippen molar-refractivity contribution in [1.82, 2.24) is 10.6 Å². The standard InChI is InChI=1S/C30H42N2O4/c1-2-3-4-5-6-7-8-9-16-21-28(33)31-26(22-24-17-12-10-13-18-24)29(34)32-27(30(35)36)23-25-19-14-11-15-20-25/h10-15,17-20,26-27H,2-9,16,21-23H2,1H3,(H,31,33)(H,32,34)(H,35,36)/t26-,27+/m1/s1. The average molecular weight is 495 g/mol. The SMILES string of the molecule is CCCCCCCCCCCC(=O)N[C@H](Cc1ccccc1)C(=O)N[C@@H](Cc1ccccc1)C(=O)O. The van der Waals surface area contributed by atoms with Gasteiger partial charge in [-0.25, -0.2) is 4.79 Å². The van der Waals surface area contributed by atoms with Crippen molar-refractivity contribution in [3.05, 3.63) is 71.8 Å². The Morgan fingerprint density at radius 3 is 1.64 bits per heavy atom. The normalized spacial score (nSPS) is 12.5. The van der Waals surface area contributed by atoms with Gasteiger partial charge in [0, 0.05) is 19.3 Å². The largest absolute Gasteiger partial charge is 0.480 e. The third-order valence-electron chi connectivity index (χ3n) is 6.34. The van der Waals surface area contributed by atoms with Crippen LogP contribution in [-0.2, 0) is 27.2 Å². The molecular weight excluding hydrogens is 452 g/mol. The highest BCUT2D eigenvalue weighted by Gasteiger charge is 2.27. The Bertz CT molecular complexity index is 902. The molecule has 2 aromatic rings. The number of carbonyl (C=O) groups is 3. The van der Waals surface area contributed by atoms with Gasteiger partial charge < -0.3 is 15.7 Å². The second-order valence-electron chi connectivity index (χ2n) is 9.48. The molecule has 2 amide bonds. The Morgan fingerprint density at radius 1 is 0.667 bits per heavy atom. The Hall–Kier alpha value is -3.15. The average Bonchev–Trinajstić information content (AvgIpc) is 2.88. The molecule has 0 bridgehead atoms. The van der Waals surface area contributed by atoms with Crippen molar-refractivity contribution in [2.75, 3.05) is 0 Å². The van der Waals surface area contributed by atoms with Crippen LogP contribution in [0, 0.1) is 0 Å². The summed E-state index contributed by atoms with van der Waals surface area (Å²) in [7, 11) is 0. The smallest absolute Gasteiger partial charge is 0.326 e. The molecule has 2 aromatic carbocycles. The molecule has 6 heteroatoms. The summed E-state index contributed by atoms with van der Waals surface area (Å²) in [5.41, 5.74) is 1.72. The molecule has 2 rings (SSSR count). The highest BCUT2D eigenvalue weighted by Crippen LogP contribution is 2.11. The number of hydrogen-bond acceptors (Lipinski definition) is 3. The minimum Gasteiger partial charge on any atom is -0.480 e. The minimum atomic E-state index is -1.10. The lowest BCUT2D eigenvalue weighted by Crippen LogP contribution is -2.53. The van der Waals surface area contributed by atoms with E-state index in [0.717, 1.165) is 30.4 Å². The topological polar surface area (TPSA) is 95.5 Å². The zero-order valence-corrected chi connectivity index (χ0v) is 21.6. The van der Waals surface area contributed by atoms with Gasteiger partial charge in [0.05, 0.1) is 0 Å². The van der Waals surface area contributed by atoms with E-state index in [0.29, 0.717) is 12.8 Å². The Kier molecular flexibility index (Phi) is 14.0. The molecule has 0 heterocycles. The van der Waals surface area contributed by atoms with Crippen molar-refractivity contribution in [2.45, 2.75) is 96.1 Å². The van der Waals surface area contributed by atoms with E-state index in [1.54, 1.807) is 0 Å². The first-order chi connectivity index (χ1) is 17.5. The Morgan fingerprint density at radius 2 is 1.14 bits per heavy atom. The highest BCUT2D eigenvalue weighted by molar-refractivity contribution is 5.90. The molecule has 0 aliphatic heterocycles. The van der Waals surface area contributed by atoms with Crippen LogP contribution in [0.25, 0.3) is 0 Å². The molecule has 0 radical (unpaired) electrons. The van der Waals surface area contributed by atoms with E-state index < -0.39 is 24.0 Å². The summed E-state index contributed by atoms with van der Waals surface area (Å²) in [5.74, 6) is -1.77. The maximum absolute atomic E-state index is 13.1. The van der Waals surface area contributed by atoms with Crippen LogP contribution in [0.4, 0.5) is 0 Å². The minimum absolute atomic E-state index is 0.173. The fourth-order valence-corrected chi connectivity index (χ4v) is 4.24. The predicted molar refractivity (Wildman–Crippen MR) is 144 cm³/mol. The van der Waals surface area contributed by atoms with Gasteiger partial charge >= 0.3 is 5.97 Å². The zero-order chi connectivity index (χ0) is 26.0. The molecule has 0 fully saturated rings. The molecule has 0 saturated heterocycles. The molecular formula is C30H42N2O4. The van der Waals surface area contributed by atoms with E-state index >= 15 is 0 Å². The molecule has 36 heavy (non-hydrogen) atoms. The fourth-order valence-electron chi connectivity index (χ4n) is 4.24. The van der Waals surface area contributed by atoms with Crippen molar-refractivity contribution in [1.29, 1.82) is 0 Å². The number of carboxylic acids is 1. The number of amides is 2. The van der Waals surface area contributed by atoms with E-state index in [1.807, 2.05) is 60.7 Å². The lowest BCUT2D eigenvalue weighted by atomic mass is 10.0. The summed E-state index contributed by atoms with van der Waals surface area (Å²) >= 11 is 0. The fraction of sp³-hybridized carbons (Fsp3) is 0.500. The molecule has 0 aliphatic carbocycles. The van der Waals surface area contributed by atoms with Crippen LogP contribution in [-0.4, -0.2) is 35.0 Å². The summed E-state index contributed by atoms with van der Waals surface area (Å²) in [6.45, 7) is 2.22. The molecule has 0 spiro atoms. The van der Waals surface area contributed by atoms with Crippen molar-refractivity contribution in [3.63, 3.8) is 0 Å². The first kappa shape index (κ1) is 29.1. The number of benzene rings is 2. The van der Waals surface area contributed by atoms with Crippen LogP contribution in [0.2, 0.25) is 0 Å². The van der Waals surface area contributed by atoms with Gasteiger partial charge in [-0.15, -0.1) is 0 Å². The van der Waals surface area contributed by atoms with Crippen molar-refractivity contribution in [2.24, 2.45) is 0 Å². The predicted octanol–water partition coefficient (Wildman–Crippen LogP) is 5.45. The van der Waals surface area contributed by atoms with Crippen LogP contribution >= 0.6 is 0 Å². The third kappa shape index (κ3) is 12.0. The van der Waals surface area contributed by atoms with E-state index in [9.17, 15) is 19.5 Å². The van der Waals surface area contributed by atoms with Crippen LogP contribution < -0.4 is 10.6 Å². The molecule has 6 nitrogen and oxygen atoms in total. The third-order valence-corrected chi connectivity index (χ3v) is 6.34. The van der Waals surface area contributed by atoms with Crippen LogP contribution in [0.1, 0.15) is 82.3 Å². The zero-order valence-electron chi connectivity index (χ0n) is 21.6. The monoisotopic (exact) mass is 494 g/mol. The molecule has 2 atom stereocenters. The van der Waals surface area contributed by atoms with E-state index in [2.05, 4.69) is 17.6 Å². The first-order valence-electron chi connectivity index (χ1n) is 13.4. The lowest BCUT2D eigenvalue weighted by Gasteiger charge is -2.22. The summed E-state index contributed by atoms with van der Waals surface area (Å²) in [6.07, 6.45) is 11.3. The Labute approximate surface area is 215 Å². The molecule has 3 N–H and O–H groups in total. The van der Waals surface area contributed by atoms with Gasteiger partial charge in [-0.1, -0.05) is 119 Å². The number of nitrogens with one attached hydrogen (secondary N) is 2. The van der Waals surface area contributed by atoms with Gasteiger partial charge in [-0.3, -0.25) is 9.59 Å². The number of rotatable bonds is 18. The lowest BCUT2D eigenvalue weighted by molar-refractivity contribution is -0.142. The van der Waals surface area contributed by atoms with Crippen LogP contribution in [0.3, 0.4) is 0 Å². The molecule has 0 aromatic heterocycles. The van der Waals surface area contributed by atoms with Gasteiger partial charge in [0.2, 0.25) is 11.8 Å². The number of hydrogen-bond donors (Lipinski definition) is 3. The molecule has 196 valence electrons. The number of carboxylic acid groups (broad SMARTS) is 1. The van der Waals surface area contributed by atoms with Crippen molar-refractivity contribution >= 4 is 17.8 Å². The summed E-state index contributed by atoms with van der Waals surface area (Å²) < 4.78 is 0. The van der Waals surface area contributed by atoms with Crippen LogP contribution in [0.5, 0.6) is 0 Å². The van der Waals surface area contributed by atoms with E-state index in [4.69, 9.17) is 0 Å². The summed E-state index contributed by atoms with van der Waals surface area (Å²) in [4.78, 5) is 37.6.